The predicted octanol–water partition coefficient (Wildman–Crippen LogP) is 0.617. The number of nitrogens with two attached hydrogens (primary N) is 2. The van der Waals surface area contributed by atoms with E-state index in [9.17, 15) is 0 Å². The minimum absolute atomic E-state index is 0.149. The molecule has 10 heteroatoms. The van der Waals surface area contributed by atoms with Crippen LogP contribution in [0.4, 0.5) is 17.7 Å². The van der Waals surface area contributed by atoms with Gasteiger partial charge in [0.25, 0.3) is 0 Å². The van der Waals surface area contributed by atoms with Gasteiger partial charge in [-0.05, 0) is 6.92 Å². The molecule has 0 aliphatic heterocycles. The van der Waals surface area contributed by atoms with Crippen LogP contribution in [0.1, 0.15) is 23.6 Å². The van der Waals surface area contributed by atoms with Crippen molar-refractivity contribution in [3.63, 3.8) is 0 Å². The fourth-order valence-corrected chi connectivity index (χ4v) is 2.30. The second-order valence-electron chi connectivity index (χ2n) is 4.57. The van der Waals surface area contributed by atoms with Gasteiger partial charge in [0.15, 0.2) is 5.16 Å². The van der Waals surface area contributed by atoms with Gasteiger partial charge in [0.2, 0.25) is 11.9 Å². The standard InChI is InChI=1S/C12H15N9S/c1-6(9-18-10(15)20-11(19-9)21(2)3)22-12-16-5-7(4-13)8(14)17-12/h5-6H,1-3H3,(H2,14,16,17)(H2,15,18,19,20). The summed E-state index contributed by atoms with van der Waals surface area (Å²) < 4.78 is 0. The Bertz CT molecular complexity index is 725. The number of anilines is 3. The van der Waals surface area contributed by atoms with Gasteiger partial charge in [-0.2, -0.15) is 20.2 Å². The minimum Gasteiger partial charge on any atom is -0.382 e. The molecule has 1 unspecified atom stereocenters. The second-order valence-corrected chi connectivity index (χ2v) is 5.88. The van der Waals surface area contributed by atoms with Gasteiger partial charge in [0, 0.05) is 14.1 Å². The molecule has 0 aromatic carbocycles. The lowest BCUT2D eigenvalue weighted by Crippen LogP contribution is -2.16. The van der Waals surface area contributed by atoms with E-state index in [2.05, 4.69) is 24.9 Å². The van der Waals surface area contributed by atoms with Crippen molar-refractivity contribution < 1.29 is 0 Å². The average molecular weight is 317 g/mol. The first-order valence-electron chi connectivity index (χ1n) is 6.28. The van der Waals surface area contributed by atoms with Crippen molar-refractivity contribution in [1.82, 2.24) is 24.9 Å². The quantitative estimate of drug-likeness (QED) is 0.608. The Morgan fingerprint density at radius 3 is 2.55 bits per heavy atom. The lowest BCUT2D eigenvalue weighted by molar-refractivity contribution is 0.857. The Morgan fingerprint density at radius 1 is 1.23 bits per heavy atom. The summed E-state index contributed by atoms with van der Waals surface area (Å²) >= 11 is 1.32. The zero-order valence-electron chi connectivity index (χ0n) is 12.3. The molecular formula is C12H15N9S. The SMILES string of the molecule is CC(Sc1ncc(C#N)c(N)n1)c1nc(N)nc(N(C)C)n1. The maximum atomic E-state index is 8.82. The highest BCUT2D eigenvalue weighted by Crippen LogP contribution is 2.31. The van der Waals surface area contributed by atoms with Crippen molar-refractivity contribution in [2.24, 2.45) is 0 Å². The maximum absolute atomic E-state index is 8.82. The lowest BCUT2D eigenvalue weighted by atomic mass is 10.3. The van der Waals surface area contributed by atoms with Gasteiger partial charge in [-0.25, -0.2) is 9.97 Å². The van der Waals surface area contributed by atoms with E-state index in [1.165, 1.54) is 18.0 Å². The number of rotatable bonds is 4. The van der Waals surface area contributed by atoms with Gasteiger partial charge in [-0.15, -0.1) is 0 Å². The molecule has 1 atom stereocenters. The molecule has 0 spiro atoms. The van der Waals surface area contributed by atoms with Gasteiger partial charge < -0.3 is 16.4 Å². The molecule has 2 heterocycles. The first-order chi connectivity index (χ1) is 10.4. The maximum Gasteiger partial charge on any atom is 0.229 e. The summed E-state index contributed by atoms with van der Waals surface area (Å²) in [4.78, 5) is 22.5. The Morgan fingerprint density at radius 2 is 1.95 bits per heavy atom. The number of thioether (sulfide) groups is 1. The zero-order valence-corrected chi connectivity index (χ0v) is 13.2. The van der Waals surface area contributed by atoms with Gasteiger partial charge in [0.05, 0.1) is 11.4 Å². The second kappa shape index (κ2) is 6.40. The van der Waals surface area contributed by atoms with Crippen molar-refractivity contribution in [3.8, 4) is 6.07 Å². The molecule has 0 saturated heterocycles. The summed E-state index contributed by atoms with van der Waals surface area (Å²) in [6.45, 7) is 1.90. The Labute approximate surface area is 131 Å². The van der Waals surface area contributed by atoms with Crippen molar-refractivity contribution in [2.45, 2.75) is 17.3 Å². The van der Waals surface area contributed by atoms with Crippen LogP contribution in [0.2, 0.25) is 0 Å². The summed E-state index contributed by atoms with van der Waals surface area (Å²) in [5, 5.41) is 9.10. The molecule has 0 bridgehead atoms. The van der Waals surface area contributed by atoms with Crippen LogP contribution in [0.15, 0.2) is 11.4 Å². The van der Waals surface area contributed by atoms with Crippen molar-refractivity contribution in [3.05, 3.63) is 17.6 Å². The molecule has 4 N–H and O–H groups in total. The van der Waals surface area contributed by atoms with Crippen LogP contribution < -0.4 is 16.4 Å². The molecule has 0 aliphatic carbocycles. The molecule has 2 rings (SSSR count). The van der Waals surface area contributed by atoms with Crippen LogP contribution in [-0.4, -0.2) is 39.0 Å². The van der Waals surface area contributed by atoms with Crippen molar-refractivity contribution in [1.29, 1.82) is 5.26 Å². The molecule has 114 valence electrons. The molecule has 0 aliphatic rings. The average Bonchev–Trinajstić information content (AvgIpc) is 2.46. The van der Waals surface area contributed by atoms with Crippen LogP contribution in [0.5, 0.6) is 0 Å². The van der Waals surface area contributed by atoms with E-state index in [1.54, 1.807) is 4.90 Å². The van der Waals surface area contributed by atoms with Crippen LogP contribution in [0.25, 0.3) is 0 Å². The van der Waals surface area contributed by atoms with Gasteiger partial charge in [-0.3, -0.25) is 0 Å². The number of nitrogen functional groups attached to an aromatic ring is 2. The highest BCUT2D eigenvalue weighted by molar-refractivity contribution is 7.99. The van der Waals surface area contributed by atoms with E-state index >= 15 is 0 Å². The van der Waals surface area contributed by atoms with Crippen LogP contribution in [0.3, 0.4) is 0 Å². The van der Waals surface area contributed by atoms with E-state index in [1.807, 2.05) is 27.1 Å². The highest BCUT2D eigenvalue weighted by Gasteiger charge is 2.16. The summed E-state index contributed by atoms with van der Waals surface area (Å²) in [7, 11) is 3.64. The third-order valence-electron chi connectivity index (χ3n) is 2.62. The predicted molar refractivity (Wildman–Crippen MR) is 84.0 cm³/mol. The van der Waals surface area contributed by atoms with E-state index in [-0.39, 0.29) is 22.6 Å². The Balaban J connectivity index is 2.24. The van der Waals surface area contributed by atoms with Crippen molar-refractivity contribution >= 4 is 29.5 Å². The number of hydrogen-bond donors (Lipinski definition) is 2. The minimum atomic E-state index is -0.156. The van der Waals surface area contributed by atoms with Crippen LogP contribution >= 0.6 is 11.8 Å². The Hall–Kier alpha value is -2.67. The number of aromatic nitrogens is 5. The summed E-state index contributed by atoms with van der Waals surface area (Å²) in [5.74, 6) is 1.31. The molecule has 0 fully saturated rings. The molecule has 2 aromatic rings. The monoisotopic (exact) mass is 317 g/mol. The number of nitriles is 1. The highest BCUT2D eigenvalue weighted by atomic mass is 32.2. The van der Waals surface area contributed by atoms with Crippen molar-refractivity contribution in [2.75, 3.05) is 30.5 Å². The largest absolute Gasteiger partial charge is 0.382 e. The molecule has 22 heavy (non-hydrogen) atoms. The smallest absolute Gasteiger partial charge is 0.229 e. The van der Waals surface area contributed by atoms with E-state index in [4.69, 9.17) is 16.7 Å². The molecule has 9 nitrogen and oxygen atoms in total. The summed E-state index contributed by atoms with van der Waals surface area (Å²) in [5.41, 5.74) is 11.6. The van der Waals surface area contributed by atoms with Gasteiger partial charge in [-0.1, -0.05) is 11.8 Å². The molecule has 0 amide bonds. The zero-order chi connectivity index (χ0) is 16.3. The molecular weight excluding hydrogens is 302 g/mol. The van der Waals surface area contributed by atoms with E-state index in [0.717, 1.165) is 0 Å². The summed E-state index contributed by atoms with van der Waals surface area (Å²) in [6.07, 6.45) is 1.39. The van der Waals surface area contributed by atoms with Gasteiger partial charge in [0.1, 0.15) is 23.3 Å². The number of hydrogen-bond acceptors (Lipinski definition) is 10. The molecule has 0 radical (unpaired) electrons. The fraction of sp³-hybridized carbons (Fsp3) is 0.333. The third kappa shape index (κ3) is 3.50. The first kappa shape index (κ1) is 15.7. The van der Waals surface area contributed by atoms with E-state index < -0.39 is 0 Å². The van der Waals surface area contributed by atoms with Gasteiger partial charge >= 0.3 is 0 Å². The summed E-state index contributed by atoms with van der Waals surface area (Å²) in [6, 6.07) is 1.92. The normalized spacial score (nSPS) is 11.7. The molecule has 0 saturated carbocycles. The fourth-order valence-electron chi connectivity index (χ4n) is 1.51. The van der Waals surface area contributed by atoms with Crippen LogP contribution in [0, 0.1) is 11.3 Å². The lowest BCUT2D eigenvalue weighted by Gasteiger charge is -2.14. The number of nitrogens with zero attached hydrogens (tertiary/aromatic N) is 7. The molecule has 2 aromatic heterocycles. The van der Waals surface area contributed by atoms with E-state index in [0.29, 0.717) is 16.9 Å². The topological polar surface area (TPSA) is 144 Å². The first-order valence-corrected chi connectivity index (χ1v) is 7.16. The third-order valence-corrected chi connectivity index (χ3v) is 3.59. The van der Waals surface area contributed by atoms with Crippen LogP contribution in [-0.2, 0) is 0 Å². The Kier molecular flexibility index (Phi) is 4.57.